The molecule has 0 spiro atoms. The van der Waals surface area contributed by atoms with E-state index >= 15 is 0 Å². The van der Waals surface area contributed by atoms with Gasteiger partial charge in [-0.15, -0.1) is 11.6 Å². The Morgan fingerprint density at radius 1 is 1.52 bits per heavy atom. The van der Waals surface area contributed by atoms with Crippen molar-refractivity contribution in [2.24, 2.45) is 0 Å². The lowest BCUT2D eigenvalue weighted by atomic mass is 9.94. The zero-order chi connectivity index (χ0) is 15.2. The molecule has 1 aromatic carbocycles. The van der Waals surface area contributed by atoms with Crippen LogP contribution in [-0.4, -0.2) is 22.8 Å². The second-order valence-corrected chi connectivity index (χ2v) is 7.65. The molecule has 21 heavy (non-hydrogen) atoms. The molecule has 1 aliphatic heterocycles. The molecule has 0 radical (unpaired) electrons. The summed E-state index contributed by atoms with van der Waals surface area (Å²) in [4.78, 5) is 4.64. The van der Waals surface area contributed by atoms with Gasteiger partial charge in [0.25, 0.3) is 0 Å². The fourth-order valence-corrected chi connectivity index (χ4v) is 3.62. The molecule has 0 aliphatic carbocycles. The van der Waals surface area contributed by atoms with Crippen LogP contribution in [0.4, 0.5) is 4.39 Å². The SMILES string of the molecule is CC(Cl)c1nc2cc(I)c(F)cc2n1C1(C)CCCOC1. The Hall–Kier alpha value is -0.400. The van der Waals surface area contributed by atoms with E-state index in [1.165, 1.54) is 0 Å². The number of hydrogen-bond acceptors (Lipinski definition) is 2. The summed E-state index contributed by atoms with van der Waals surface area (Å²) in [6.07, 6.45) is 1.96. The van der Waals surface area contributed by atoms with Crippen molar-refractivity contribution in [2.45, 2.75) is 37.6 Å². The van der Waals surface area contributed by atoms with Crippen LogP contribution in [0.2, 0.25) is 0 Å². The van der Waals surface area contributed by atoms with Gasteiger partial charge in [0, 0.05) is 12.7 Å². The maximum absolute atomic E-state index is 14.0. The van der Waals surface area contributed by atoms with Crippen molar-refractivity contribution in [1.29, 1.82) is 0 Å². The highest BCUT2D eigenvalue weighted by atomic mass is 127. The van der Waals surface area contributed by atoms with Crippen molar-refractivity contribution in [3.8, 4) is 0 Å². The fraction of sp³-hybridized carbons (Fsp3) is 0.533. The summed E-state index contributed by atoms with van der Waals surface area (Å²) in [6.45, 7) is 5.41. The molecule has 1 fully saturated rings. The van der Waals surface area contributed by atoms with Crippen LogP contribution >= 0.6 is 34.2 Å². The summed E-state index contributed by atoms with van der Waals surface area (Å²) in [5.74, 6) is 0.555. The van der Waals surface area contributed by atoms with Crippen LogP contribution in [0.25, 0.3) is 11.0 Å². The van der Waals surface area contributed by atoms with Gasteiger partial charge in [0.1, 0.15) is 11.6 Å². The monoisotopic (exact) mass is 422 g/mol. The first-order valence-electron chi connectivity index (χ1n) is 7.02. The third-order valence-corrected chi connectivity index (χ3v) is 5.06. The van der Waals surface area contributed by atoms with E-state index in [2.05, 4.69) is 16.5 Å². The van der Waals surface area contributed by atoms with Crippen LogP contribution < -0.4 is 0 Å². The summed E-state index contributed by atoms with van der Waals surface area (Å²) in [6, 6.07) is 3.34. The zero-order valence-electron chi connectivity index (χ0n) is 12.0. The molecule has 2 atom stereocenters. The van der Waals surface area contributed by atoms with Crippen molar-refractivity contribution in [3.63, 3.8) is 0 Å². The first kappa shape index (κ1) is 15.5. The average Bonchev–Trinajstić information content (AvgIpc) is 2.79. The van der Waals surface area contributed by atoms with Crippen molar-refractivity contribution >= 4 is 45.2 Å². The molecule has 6 heteroatoms. The van der Waals surface area contributed by atoms with E-state index in [-0.39, 0.29) is 16.7 Å². The molecule has 1 aromatic heterocycles. The van der Waals surface area contributed by atoms with E-state index in [4.69, 9.17) is 16.3 Å². The number of hydrogen-bond donors (Lipinski definition) is 0. The predicted molar refractivity (Wildman–Crippen MR) is 90.4 cm³/mol. The molecule has 3 nitrogen and oxygen atoms in total. The zero-order valence-corrected chi connectivity index (χ0v) is 14.9. The molecule has 1 saturated heterocycles. The maximum Gasteiger partial charge on any atom is 0.138 e. The average molecular weight is 423 g/mol. The van der Waals surface area contributed by atoms with Crippen LogP contribution in [0.3, 0.4) is 0 Å². The van der Waals surface area contributed by atoms with Gasteiger partial charge in [-0.25, -0.2) is 9.37 Å². The first-order chi connectivity index (χ1) is 9.92. The molecule has 2 heterocycles. The normalized spacial score (nSPS) is 24.4. The second kappa shape index (κ2) is 5.66. The second-order valence-electron chi connectivity index (χ2n) is 5.83. The minimum atomic E-state index is -0.239. The van der Waals surface area contributed by atoms with Gasteiger partial charge in [0.05, 0.1) is 32.1 Å². The predicted octanol–water partition coefficient (Wildman–Crippen LogP) is 4.61. The Morgan fingerprint density at radius 2 is 2.29 bits per heavy atom. The summed E-state index contributed by atoms with van der Waals surface area (Å²) in [5, 5.41) is -0.239. The Bertz CT molecular complexity index is 680. The number of fused-ring (bicyclic) bond motifs is 1. The van der Waals surface area contributed by atoms with E-state index in [0.29, 0.717) is 10.2 Å². The van der Waals surface area contributed by atoms with Crippen molar-refractivity contribution in [1.82, 2.24) is 9.55 Å². The minimum Gasteiger partial charge on any atom is -0.379 e. The summed E-state index contributed by atoms with van der Waals surface area (Å²) in [7, 11) is 0. The lowest BCUT2D eigenvalue weighted by Crippen LogP contribution is -2.40. The van der Waals surface area contributed by atoms with E-state index in [0.717, 1.165) is 36.3 Å². The number of benzene rings is 1. The molecule has 0 N–H and O–H groups in total. The van der Waals surface area contributed by atoms with E-state index in [1.54, 1.807) is 12.1 Å². The summed E-state index contributed by atoms with van der Waals surface area (Å²) >= 11 is 8.31. The van der Waals surface area contributed by atoms with Crippen LogP contribution in [0.1, 0.15) is 37.9 Å². The topological polar surface area (TPSA) is 27.1 Å². The molecular formula is C15H17ClFIN2O. The van der Waals surface area contributed by atoms with Crippen LogP contribution in [0.15, 0.2) is 12.1 Å². The quantitative estimate of drug-likeness (QED) is 0.522. The third kappa shape index (κ3) is 2.68. The van der Waals surface area contributed by atoms with Gasteiger partial charge in [-0.3, -0.25) is 0 Å². The Morgan fingerprint density at radius 3 is 2.90 bits per heavy atom. The number of halogens is 3. The maximum atomic E-state index is 14.0. The van der Waals surface area contributed by atoms with Crippen LogP contribution in [0, 0.1) is 9.39 Å². The van der Waals surface area contributed by atoms with Crippen molar-refractivity contribution < 1.29 is 9.13 Å². The van der Waals surface area contributed by atoms with Crippen LogP contribution in [0.5, 0.6) is 0 Å². The van der Waals surface area contributed by atoms with Crippen molar-refractivity contribution in [3.05, 3.63) is 27.3 Å². The Balaban J connectivity index is 2.27. The fourth-order valence-electron chi connectivity index (χ4n) is 3.02. The Labute approximate surface area is 142 Å². The number of nitrogens with zero attached hydrogens (tertiary/aromatic N) is 2. The molecule has 114 valence electrons. The molecule has 1 aliphatic rings. The van der Waals surface area contributed by atoms with Gasteiger partial charge < -0.3 is 9.30 Å². The molecule has 3 rings (SSSR count). The lowest BCUT2D eigenvalue weighted by Gasteiger charge is -2.37. The molecular weight excluding hydrogens is 406 g/mol. The minimum absolute atomic E-state index is 0.224. The lowest BCUT2D eigenvalue weighted by molar-refractivity contribution is 0.0101. The van der Waals surface area contributed by atoms with E-state index in [1.807, 2.05) is 29.5 Å². The smallest absolute Gasteiger partial charge is 0.138 e. The first-order valence-corrected chi connectivity index (χ1v) is 8.53. The molecule has 0 amide bonds. The van der Waals surface area contributed by atoms with Gasteiger partial charge in [-0.1, -0.05) is 0 Å². The van der Waals surface area contributed by atoms with Gasteiger partial charge in [0.15, 0.2) is 0 Å². The third-order valence-electron chi connectivity index (χ3n) is 4.04. The van der Waals surface area contributed by atoms with Gasteiger partial charge in [-0.2, -0.15) is 0 Å². The van der Waals surface area contributed by atoms with E-state index < -0.39 is 0 Å². The van der Waals surface area contributed by atoms with Gasteiger partial charge in [-0.05, 0) is 55.3 Å². The number of rotatable bonds is 2. The molecule has 0 bridgehead atoms. The van der Waals surface area contributed by atoms with Crippen molar-refractivity contribution in [2.75, 3.05) is 13.2 Å². The molecule has 2 aromatic rings. The largest absolute Gasteiger partial charge is 0.379 e. The standard InChI is InChI=1S/C15H17ClFIN2O/c1-9(16)14-19-12-7-11(18)10(17)6-13(12)20(14)15(2)4-3-5-21-8-15/h6-7,9H,3-5,8H2,1-2H3. The van der Waals surface area contributed by atoms with Crippen LogP contribution in [-0.2, 0) is 10.3 Å². The highest BCUT2D eigenvalue weighted by molar-refractivity contribution is 14.1. The molecule has 2 unspecified atom stereocenters. The number of aromatic nitrogens is 2. The van der Waals surface area contributed by atoms with Gasteiger partial charge >= 0.3 is 0 Å². The number of imidazole rings is 1. The number of alkyl halides is 1. The van der Waals surface area contributed by atoms with E-state index in [9.17, 15) is 4.39 Å². The summed E-state index contributed by atoms with van der Waals surface area (Å²) in [5.41, 5.74) is 1.35. The highest BCUT2D eigenvalue weighted by Crippen LogP contribution is 2.36. The molecule has 0 saturated carbocycles. The Kier molecular flexibility index (Phi) is 4.18. The van der Waals surface area contributed by atoms with Gasteiger partial charge in [0.2, 0.25) is 0 Å². The highest BCUT2D eigenvalue weighted by Gasteiger charge is 2.34. The summed E-state index contributed by atoms with van der Waals surface area (Å²) < 4.78 is 22.3. The number of ether oxygens (including phenoxy) is 1.